The molecule has 160 valence electrons. The fourth-order valence-corrected chi connectivity index (χ4v) is 7.62. The number of carbonyl (C=O) groups is 3. The average Bonchev–Trinajstić information content (AvgIpc) is 2.90. The number of ether oxygens (including phenoxy) is 1. The number of ketones is 2. The number of hydrogen-bond acceptors (Lipinski definition) is 5. The van der Waals surface area contributed by atoms with Crippen LogP contribution >= 0.6 is 0 Å². The molecule has 4 aliphatic rings. The van der Waals surface area contributed by atoms with Gasteiger partial charge in [0.15, 0.2) is 17.2 Å². The van der Waals surface area contributed by atoms with E-state index < -0.39 is 40.1 Å². The highest BCUT2D eigenvalue weighted by molar-refractivity contribution is 5.92. The van der Waals surface area contributed by atoms with E-state index in [0.717, 1.165) is 5.57 Å². The highest BCUT2D eigenvalue weighted by Gasteiger charge is 2.75. The molecule has 0 aliphatic heterocycles. The minimum absolute atomic E-state index is 0.0287. The summed E-state index contributed by atoms with van der Waals surface area (Å²) in [6.45, 7) is 6.45. The van der Waals surface area contributed by atoms with Gasteiger partial charge in [-0.3, -0.25) is 14.4 Å². The van der Waals surface area contributed by atoms with Crippen molar-refractivity contribution in [2.45, 2.75) is 90.0 Å². The maximum absolute atomic E-state index is 17.0. The zero-order valence-corrected chi connectivity index (χ0v) is 17.7. The molecule has 7 atom stereocenters. The molecule has 29 heavy (non-hydrogen) atoms. The van der Waals surface area contributed by atoms with Crippen LogP contribution < -0.4 is 0 Å². The topological polar surface area (TPSA) is 80.7 Å². The van der Waals surface area contributed by atoms with Crippen molar-refractivity contribution in [3.8, 4) is 0 Å². The first-order valence-electron chi connectivity index (χ1n) is 10.7. The lowest BCUT2D eigenvalue weighted by Gasteiger charge is -2.63. The molecule has 0 amide bonds. The fraction of sp³-hybridized carbons (Fsp3) is 0.783. The van der Waals surface area contributed by atoms with Crippen molar-refractivity contribution in [3.05, 3.63) is 11.6 Å². The fourth-order valence-electron chi connectivity index (χ4n) is 7.62. The predicted octanol–water partition coefficient (Wildman–Crippen LogP) is 3.47. The van der Waals surface area contributed by atoms with Crippen LogP contribution in [0.1, 0.15) is 72.6 Å². The van der Waals surface area contributed by atoms with Gasteiger partial charge in [0.1, 0.15) is 5.67 Å². The number of fused-ring (bicyclic) bond motifs is 5. The van der Waals surface area contributed by atoms with Gasteiger partial charge in [0, 0.05) is 30.1 Å². The van der Waals surface area contributed by atoms with Gasteiger partial charge in [-0.25, -0.2) is 4.39 Å². The molecule has 3 saturated carbocycles. The summed E-state index contributed by atoms with van der Waals surface area (Å²) in [5.41, 5.74) is -4.05. The first kappa shape index (κ1) is 20.7. The number of halogens is 1. The van der Waals surface area contributed by atoms with Gasteiger partial charge < -0.3 is 9.84 Å². The van der Waals surface area contributed by atoms with Crippen molar-refractivity contribution >= 4 is 17.5 Å². The summed E-state index contributed by atoms with van der Waals surface area (Å²) in [7, 11) is 0. The highest BCUT2D eigenvalue weighted by Crippen LogP contribution is 2.70. The van der Waals surface area contributed by atoms with Gasteiger partial charge in [-0.15, -0.1) is 0 Å². The van der Waals surface area contributed by atoms with Crippen LogP contribution in [0, 0.1) is 22.7 Å². The molecule has 0 spiro atoms. The number of rotatable bonds is 2. The van der Waals surface area contributed by atoms with E-state index in [9.17, 15) is 19.5 Å². The molecule has 4 aliphatic carbocycles. The second-order valence-electron chi connectivity index (χ2n) is 10.1. The van der Waals surface area contributed by atoms with E-state index in [1.165, 1.54) is 13.8 Å². The standard InChI is InChI=1S/C23H31FO5/c1-13(25)22(29-14(2)26)10-8-17-18-6-5-15-11-16(27)7-9-20(15,3)23(18,24)19(28)12-21(17,22)4/h11,17-19,28H,5-10,12H2,1-4H3/t17-,18-,19+,20+,21+,22+,23-/m1/s1. The molecular weight excluding hydrogens is 375 g/mol. The number of esters is 1. The largest absolute Gasteiger partial charge is 0.451 e. The monoisotopic (exact) mass is 406 g/mol. The summed E-state index contributed by atoms with van der Waals surface area (Å²) < 4.78 is 22.6. The lowest BCUT2D eigenvalue weighted by Crippen LogP contribution is -2.69. The smallest absolute Gasteiger partial charge is 0.303 e. The minimum atomic E-state index is -1.86. The molecule has 0 saturated heterocycles. The van der Waals surface area contributed by atoms with Crippen molar-refractivity contribution < 1.29 is 28.6 Å². The van der Waals surface area contributed by atoms with Crippen molar-refractivity contribution in [2.24, 2.45) is 22.7 Å². The third kappa shape index (κ3) is 2.38. The molecule has 1 N–H and O–H groups in total. The first-order chi connectivity index (χ1) is 13.4. The Hall–Kier alpha value is -1.56. The SMILES string of the molecule is CC(=O)O[C@]1(C(C)=O)CC[C@@H]2[C@H]3CCC4=CC(=O)CC[C@]4(C)[C@]3(F)[C@@H](O)C[C@@]21C. The zero-order valence-electron chi connectivity index (χ0n) is 17.7. The van der Waals surface area contributed by atoms with Crippen LogP contribution in [0.2, 0.25) is 0 Å². The Kier molecular flexibility index (Phi) is 4.44. The summed E-state index contributed by atoms with van der Waals surface area (Å²) in [6, 6.07) is 0. The lowest BCUT2D eigenvalue weighted by molar-refractivity contribution is -0.231. The zero-order chi connectivity index (χ0) is 21.4. The first-order valence-corrected chi connectivity index (χ1v) is 10.7. The van der Waals surface area contributed by atoms with E-state index in [-0.39, 0.29) is 30.3 Å². The summed E-state index contributed by atoms with van der Waals surface area (Å²) in [4.78, 5) is 36.6. The summed E-state index contributed by atoms with van der Waals surface area (Å²) in [5.74, 6) is -1.35. The minimum Gasteiger partial charge on any atom is -0.451 e. The van der Waals surface area contributed by atoms with Gasteiger partial charge in [0.05, 0.1) is 6.10 Å². The molecule has 3 fully saturated rings. The number of hydrogen-bond donors (Lipinski definition) is 1. The normalized spacial score (nSPS) is 48.8. The van der Waals surface area contributed by atoms with E-state index in [1.54, 1.807) is 6.08 Å². The molecule has 5 nitrogen and oxygen atoms in total. The van der Waals surface area contributed by atoms with Gasteiger partial charge in [-0.05, 0) is 57.4 Å². The van der Waals surface area contributed by atoms with Crippen molar-refractivity contribution in [2.75, 3.05) is 0 Å². The third-order valence-corrected chi connectivity index (χ3v) is 9.05. The quantitative estimate of drug-likeness (QED) is 0.710. The van der Waals surface area contributed by atoms with Gasteiger partial charge in [0.2, 0.25) is 0 Å². The van der Waals surface area contributed by atoms with E-state index in [4.69, 9.17) is 4.74 Å². The molecule has 0 heterocycles. The van der Waals surface area contributed by atoms with Crippen LogP contribution in [0.3, 0.4) is 0 Å². The van der Waals surface area contributed by atoms with Crippen LogP contribution in [-0.4, -0.2) is 40.0 Å². The van der Waals surface area contributed by atoms with Gasteiger partial charge in [-0.2, -0.15) is 0 Å². The van der Waals surface area contributed by atoms with Crippen LogP contribution in [-0.2, 0) is 19.1 Å². The van der Waals surface area contributed by atoms with Gasteiger partial charge >= 0.3 is 5.97 Å². The second-order valence-corrected chi connectivity index (χ2v) is 10.1. The molecular formula is C23H31FO5. The van der Waals surface area contributed by atoms with E-state index in [2.05, 4.69) is 0 Å². The molecule has 0 aromatic heterocycles. The maximum Gasteiger partial charge on any atom is 0.303 e. The molecule has 0 bridgehead atoms. The molecule has 0 radical (unpaired) electrons. The number of alkyl halides is 1. The number of Topliss-reactive ketones (excluding diaryl/α,β-unsaturated/α-hetero) is 1. The number of aliphatic hydroxyl groups excluding tert-OH is 1. The van der Waals surface area contributed by atoms with Crippen molar-refractivity contribution in [3.63, 3.8) is 0 Å². The van der Waals surface area contributed by atoms with Gasteiger partial charge in [-0.1, -0.05) is 19.4 Å². The lowest BCUT2D eigenvalue weighted by atomic mass is 9.44. The van der Waals surface area contributed by atoms with Crippen LogP contribution in [0.25, 0.3) is 0 Å². The Labute approximate surface area is 171 Å². The Balaban J connectivity index is 1.81. The Morgan fingerprint density at radius 3 is 2.45 bits per heavy atom. The number of allylic oxidation sites excluding steroid dienone is 1. The van der Waals surface area contributed by atoms with Crippen LogP contribution in [0.5, 0.6) is 0 Å². The van der Waals surface area contributed by atoms with Crippen LogP contribution in [0.4, 0.5) is 4.39 Å². The Morgan fingerprint density at radius 1 is 1.14 bits per heavy atom. The molecule has 0 unspecified atom stereocenters. The third-order valence-electron chi connectivity index (χ3n) is 9.05. The molecule has 6 heteroatoms. The van der Waals surface area contributed by atoms with E-state index in [0.29, 0.717) is 32.1 Å². The van der Waals surface area contributed by atoms with Crippen LogP contribution in [0.15, 0.2) is 11.6 Å². The maximum atomic E-state index is 17.0. The van der Waals surface area contributed by atoms with Gasteiger partial charge in [0.25, 0.3) is 0 Å². The van der Waals surface area contributed by atoms with Crippen molar-refractivity contribution in [1.29, 1.82) is 0 Å². The highest BCUT2D eigenvalue weighted by atomic mass is 19.1. The average molecular weight is 406 g/mol. The number of aliphatic hydroxyl groups is 1. The molecule has 0 aromatic carbocycles. The van der Waals surface area contributed by atoms with E-state index >= 15 is 4.39 Å². The Morgan fingerprint density at radius 2 is 1.83 bits per heavy atom. The van der Waals surface area contributed by atoms with E-state index in [1.807, 2.05) is 13.8 Å². The number of carbonyl (C=O) groups excluding carboxylic acids is 3. The molecule has 0 aromatic rings. The summed E-state index contributed by atoms with van der Waals surface area (Å²) in [5, 5.41) is 11.3. The molecule has 4 rings (SSSR count). The summed E-state index contributed by atoms with van der Waals surface area (Å²) in [6.07, 6.45) is 3.15. The predicted molar refractivity (Wildman–Crippen MR) is 104 cm³/mol. The Bertz CT molecular complexity index is 820. The summed E-state index contributed by atoms with van der Waals surface area (Å²) >= 11 is 0. The second kappa shape index (κ2) is 6.22. The van der Waals surface area contributed by atoms with Crippen molar-refractivity contribution in [1.82, 2.24) is 0 Å².